The lowest BCUT2D eigenvalue weighted by atomic mass is 9.87. The molecule has 3 aromatic heterocycles. The second kappa shape index (κ2) is 26.9. The zero-order valence-electron chi connectivity index (χ0n) is 42.6. The van der Waals surface area contributed by atoms with Crippen molar-refractivity contribution in [3.05, 3.63) is 137 Å². The molecule has 0 radical (unpaired) electrons. The highest BCUT2D eigenvalue weighted by Gasteiger charge is 2.46. The van der Waals surface area contributed by atoms with Crippen LogP contribution in [0.5, 0.6) is 5.75 Å². The van der Waals surface area contributed by atoms with Crippen molar-refractivity contribution in [2.45, 2.75) is 83.2 Å². The number of anilines is 3. The smallest absolute Gasteiger partial charge is 0.418 e. The van der Waals surface area contributed by atoms with E-state index in [0.717, 1.165) is 48.5 Å². The number of rotatable bonds is 20. The molecule has 2 aliphatic heterocycles. The summed E-state index contributed by atoms with van der Waals surface area (Å²) in [6.07, 6.45) is 3.87. The maximum atomic E-state index is 15.6. The monoisotopic (exact) mass is 1130 g/mol. The molecule has 2 saturated heterocycles. The van der Waals surface area contributed by atoms with Crippen molar-refractivity contribution in [3.8, 4) is 11.4 Å². The van der Waals surface area contributed by atoms with Gasteiger partial charge in [-0.2, -0.15) is 9.67 Å². The molecular weight excluding hydrogens is 1070 g/mol. The number of carboxylic acid groups (broad SMARTS) is 1. The number of ether oxygens (including phenoxy) is 4. The van der Waals surface area contributed by atoms with Crippen LogP contribution in [0.3, 0.4) is 0 Å². The van der Waals surface area contributed by atoms with Crippen molar-refractivity contribution in [1.29, 1.82) is 0 Å². The van der Waals surface area contributed by atoms with E-state index >= 15 is 4.39 Å². The maximum absolute atomic E-state index is 15.6. The molecule has 0 spiro atoms. The predicted octanol–water partition coefficient (Wildman–Crippen LogP) is 2.35. The molecule has 416 valence electrons. The third-order valence-electron chi connectivity index (χ3n) is 13.3. The second-order valence-electron chi connectivity index (χ2n) is 18.5. The molecule has 1 unspecified atom stereocenters. The summed E-state index contributed by atoms with van der Waals surface area (Å²) in [5.41, 5.74) is 7.17. The van der Waals surface area contributed by atoms with E-state index in [9.17, 15) is 28.7 Å². The summed E-state index contributed by atoms with van der Waals surface area (Å²) < 4.78 is 59.3. The third kappa shape index (κ3) is 14.4. The molecule has 8 rings (SSSR count). The molecule has 0 aliphatic carbocycles. The Morgan fingerprint density at radius 3 is 2.23 bits per heavy atom. The highest BCUT2D eigenvalue weighted by Crippen LogP contribution is 2.42. The Morgan fingerprint density at radius 2 is 1.61 bits per heavy atom. The first-order valence-corrected chi connectivity index (χ1v) is 24.2. The highest BCUT2D eigenvalue weighted by molar-refractivity contribution is 5.87. The van der Waals surface area contributed by atoms with Crippen LogP contribution in [0.25, 0.3) is 5.69 Å². The molecule has 5 heterocycles. The lowest BCUT2D eigenvalue weighted by Gasteiger charge is -2.37. The minimum Gasteiger partial charge on any atom is -1.00 e. The highest BCUT2D eigenvalue weighted by atomic mass is 35.5. The van der Waals surface area contributed by atoms with Gasteiger partial charge in [-0.1, -0.05) is 19.1 Å². The summed E-state index contributed by atoms with van der Waals surface area (Å²) in [7, 11) is 1.42. The van der Waals surface area contributed by atoms with Crippen LogP contribution in [0.1, 0.15) is 63.4 Å². The van der Waals surface area contributed by atoms with Crippen LogP contribution in [0.2, 0.25) is 0 Å². The molecule has 2 fully saturated rings. The van der Waals surface area contributed by atoms with Gasteiger partial charge in [-0.25, -0.2) is 32.6 Å². The first kappa shape index (κ1) is 61.0. The number of nitrogens with zero attached hydrogens (tertiary/aromatic N) is 10. The summed E-state index contributed by atoms with van der Waals surface area (Å²) in [6.45, 7) is 8.53. The molecule has 2 aliphatic rings. The summed E-state index contributed by atoms with van der Waals surface area (Å²) in [6, 6.07) is 20.4. The standard InChI is InChI=1S/C51H59F2N11O10.3ClH/c1-5-45(33(2)65)64-49(69)63(31-57-64)40-11-9-38(10-12-40)59-19-21-60(22-20-59)39-13-15-41(16-14-39)71-26-35-25-51(73-27-35,42-17-8-37(52)23-43(42)53)29-62-32-61(30-56-62)34(3)74-50(70)58(4)47-36(7-6-18-55-47)28-72-46(66)24-44(54)48(67)68;;;/h6-18,23,30-35,44-45,65H,5,19-22,24-29,54H2,1-4H3;3*1H/t33-,34?,35+,44-,45-,51-;;;/m0.../s1. The van der Waals surface area contributed by atoms with E-state index in [1.54, 1.807) is 32.3 Å². The average molecular weight is 1130 g/mol. The Bertz CT molecular complexity index is 2980. The number of halogens is 5. The summed E-state index contributed by atoms with van der Waals surface area (Å²) in [5.74, 6) is -3.07. The van der Waals surface area contributed by atoms with Gasteiger partial charge in [0.05, 0.1) is 37.5 Å². The summed E-state index contributed by atoms with van der Waals surface area (Å²) in [5, 5.41) is 27.8. The number of piperazine rings is 1. The van der Waals surface area contributed by atoms with E-state index < -0.39 is 66.1 Å². The first-order valence-electron chi connectivity index (χ1n) is 24.2. The maximum Gasteiger partial charge on any atom is 0.418 e. The fraction of sp³-hybridized carbons (Fsp3) is 0.412. The van der Waals surface area contributed by atoms with Gasteiger partial charge in [0.15, 0.2) is 0 Å². The van der Waals surface area contributed by atoms with Crippen molar-refractivity contribution in [3.63, 3.8) is 0 Å². The van der Waals surface area contributed by atoms with E-state index in [2.05, 4.69) is 25.0 Å². The number of nitrogens with two attached hydrogens (primary N) is 1. The molecule has 1 amide bonds. The number of aliphatic hydroxyl groups excluding tert-OH is 1. The van der Waals surface area contributed by atoms with Gasteiger partial charge in [0.25, 0.3) is 6.33 Å². The van der Waals surface area contributed by atoms with Crippen LogP contribution in [0.4, 0.5) is 30.8 Å². The Morgan fingerprint density at radius 1 is 0.961 bits per heavy atom. The molecule has 0 saturated carbocycles. The normalized spacial score (nSPS) is 17.6. The molecule has 26 heteroatoms. The quantitative estimate of drug-likeness (QED) is 0.0735. The van der Waals surface area contributed by atoms with Gasteiger partial charge in [0, 0.05) is 85.9 Å². The van der Waals surface area contributed by atoms with Gasteiger partial charge in [0.2, 0.25) is 12.6 Å². The predicted molar refractivity (Wildman–Crippen MR) is 278 cm³/mol. The second-order valence-corrected chi connectivity index (χ2v) is 18.5. The van der Waals surface area contributed by atoms with Crippen molar-refractivity contribution in [1.82, 2.24) is 29.1 Å². The van der Waals surface area contributed by atoms with Gasteiger partial charge in [-0.3, -0.25) is 14.5 Å². The number of aromatic nitrogens is 7. The zero-order valence-corrected chi connectivity index (χ0v) is 45.0. The van der Waals surface area contributed by atoms with Gasteiger partial charge in [-0.05, 0) is 80.4 Å². The summed E-state index contributed by atoms with van der Waals surface area (Å²) in [4.78, 5) is 59.6. The lowest BCUT2D eigenvalue weighted by Crippen LogP contribution is -3.00. The lowest BCUT2D eigenvalue weighted by molar-refractivity contribution is -0.753. The number of carboxylic acids is 1. The van der Waals surface area contributed by atoms with E-state index in [0.29, 0.717) is 29.8 Å². The van der Waals surface area contributed by atoms with E-state index in [-0.39, 0.29) is 86.6 Å². The van der Waals surface area contributed by atoms with Gasteiger partial charge in [0.1, 0.15) is 54.3 Å². The Labute approximate surface area is 461 Å². The Kier molecular flexibility index (Phi) is 21.3. The Hall–Kier alpha value is -6.89. The average Bonchev–Trinajstić information content (AvgIpc) is 4.14. The molecular formula is C51H62Cl3F2N11O10. The van der Waals surface area contributed by atoms with Crippen molar-refractivity contribution in [2.24, 2.45) is 11.7 Å². The number of esters is 1. The zero-order chi connectivity index (χ0) is 52.7. The van der Waals surface area contributed by atoms with Crippen LogP contribution in [-0.2, 0) is 42.6 Å². The van der Waals surface area contributed by atoms with Crippen molar-refractivity contribution >= 4 is 60.0 Å². The van der Waals surface area contributed by atoms with Crippen LogP contribution in [-0.4, -0.2) is 116 Å². The van der Waals surface area contributed by atoms with Crippen molar-refractivity contribution < 1.29 is 69.3 Å². The number of carbonyl (C=O) groups excluding carboxylic acids is 2. The third-order valence-corrected chi connectivity index (χ3v) is 13.3. The molecule has 4 N–H and O–H groups in total. The topological polar surface area (TPSA) is 239 Å². The largest absolute Gasteiger partial charge is 1.00 e. The number of amides is 1. The molecule has 21 nitrogen and oxygen atoms in total. The van der Waals surface area contributed by atoms with Crippen molar-refractivity contribution in [2.75, 3.05) is 61.1 Å². The number of hydrogen-bond donors (Lipinski definition) is 3. The number of benzene rings is 3. The van der Waals surface area contributed by atoms with Crippen LogP contribution >= 0.6 is 24.8 Å². The van der Waals surface area contributed by atoms with E-state index in [4.69, 9.17) is 29.8 Å². The molecule has 77 heavy (non-hydrogen) atoms. The van der Waals surface area contributed by atoms with Gasteiger partial charge >= 0.3 is 23.7 Å². The minimum atomic E-state index is -1.43. The SMILES string of the molecule is CC[C@@H]([C@H](C)O)n1ncn(-c2ccc(N3CCN(c4ccc(OC[C@@H]5CO[C@@](Cn6c[n+](C(C)OC(=O)N(C)c7ncccc7COC(=O)C[C@H](N)C(=O)O)cn6)(c6ccc(F)cc6F)C5)cc4)CC3)cc2)c1=O.Cl.Cl.[Cl-]. The van der Waals surface area contributed by atoms with E-state index in [1.165, 1.54) is 56.5 Å². The molecule has 3 aromatic carbocycles. The van der Waals surface area contributed by atoms with Crippen LogP contribution < -0.4 is 47.8 Å². The van der Waals surface area contributed by atoms with Crippen LogP contribution in [0.15, 0.2) is 109 Å². The first-order chi connectivity index (χ1) is 35.5. The van der Waals surface area contributed by atoms with Gasteiger partial charge < -0.3 is 57.1 Å². The van der Waals surface area contributed by atoms with Crippen LogP contribution in [0, 0.1) is 17.6 Å². The molecule has 6 aromatic rings. The molecule has 0 bridgehead atoms. The number of pyridine rings is 1. The van der Waals surface area contributed by atoms with E-state index in [1.807, 2.05) is 55.5 Å². The number of hydrogen-bond acceptors (Lipinski definition) is 15. The molecule has 6 atom stereocenters. The van der Waals surface area contributed by atoms with Gasteiger partial charge in [-0.15, -0.1) is 29.5 Å². The minimum absolute atomic E-state index is 0. The fourth-order valence-corrected chi connectivity index (χ4v) is 9.24. The fourth-order valence-electron chi connectivity index (χ4n) is 9.24. The number of aliphatic hydroxyl groups is 1. The Balaban J connectivity index is 0.00000364. The number of carbonyl (C=O) groups is 3. The summed E-state index contributed by atoms with van der Waals surface area (Å²) >= 11 is 0. The number of aliphatic carboxylic acids is 1.